The molecule has 96 valence electrons. The Kier molecular flexibility index (Phi) is 5.66. The fraction of sp³-hybridized carbons (Fsp3) is 0.250. The lowest BCUT2D eigenvalue weighted by Gasteiger charge is -2.16. The van der Waals surface area contributed by atoms with Crippen molar-refractivity contribution in [2.75, 3.05) is 0 Å². The quantitative estimate of drug-likeness (QED) is 0.490. The Morgan fingerprint density at radius 2 is 2.11 bits per heavy atom. The summed E-state index contributed by atoms with van der Waals surface area (Å²) in [5.74, 6) is 0.874. The van der Waals surface area contributed by atoms with E-state index in [1.54, 1.807) is 11.3 Å². The summed E-state index contributed by atoms with van der Waals surface area (Å²) in [6.45, 7) is 13.7. The molecule has 1 heterocycles. The summed E-state index contributed by atoms with van der Waals surface area (Å²) in [7, 11) is 0. The van der Waals surface area contributed by atoms with E-state index >= 15 is 0 Å². The van der Waals surface area contributed by atoms with Crippen molar-refractivity contribution in [3.05, 3.63) is 70.7 Å². The molecule has 1 aromatic heterocycles. The fourth-order valence-corrected chi connectivity index (χ4v) is 2.47. The number of allylic oxidation sites excluding steroid dienone is 6. The van der Waals surface area contributed by atoms with Crippen molar-refractivity contribution in [3.63, 3.8) is 0 Å². The maximum absolute atomic E-state index is 5.96. The molecule has 18 heavy (non-hydrogen) atoms. The highest BCUT2D eigenvalue weighted by Crippen LogP contribution is 2.27. The van der Waals surface area contributed by atoms with Gasteiger partial charge in [0.15, 0.2) is 0 Å². The second-order valence-corrected chi connectivity index (χ2v) is 4.88. The number of rotatable bonds is 6. The predicted molar refractivity (Wildman–Crippen MR) is 80.7 cm³/mol. The number of thiophene rings is 1. The maximum Gasteiger partial charge on any atom is 0.130 e. The summed E-state index contributed by atoms with van der Waals surface area (Å²) in [5, 5.41) is 2.06. The van der Waals surface area contributed by atoms with Crippen LogP contribution in [0.25, 0.3) is 0 Å². The highest BCUT2D eigenvalue weighted by molar-refractivity contribution is 7.10. The Hall–Kier alpha value is -1.54. The molecule has 0 aliphatic carbocycles. The Balaban J connectivity index is 2.93. The molecule has 0 unspecified atom stereocenters. The average molecular weight is 260 g/mol. The van der Waals surface area contributed by atoms with E-state index in [1.807, 2.05) is 38.1 Å². The van der Waals surface area contributed by atoms with Crippen LogP contribution in [0.2, 0.25) is 0 Å². The van der Waals surface area contributed by atoms with Crippen molar-refractivity contribution in [1.82, 2.24) is 0 Å². The SMILES string of the molecule is C=CC(=C/C)/C(C=C)=C(\C)O[C@@H](C)c1cccs1. The second kappa shape index (κ2) is 7.02. The van der Waals surface area contributed by atoms with Gasteiger partial charge >= 0.3 is 0 Å². The van der Waals surface area contributed by atoms with E-state index in [4.69, 9.17) is 4.74 Å². The molecule has 0 bridgehead atoms. The molecule has 0 saturated heterocycles. The van der Waals surface area contributed by atoms with Crippen molar-refractivity contribution < 1.29 is 4.74 Å². The Bertz CT molecular complexity index is 463. The van der Waals surface area contributed by atoms with Crippen LogP contribution in [0.5, 0.6) is 0 Å². The van der Waals surface area contributed by atoms with E-state index < -0.39 is 0 Å². The lowest BCUT2D eigenvalue weighted by molar-refractivity contribution is 0.136. The summed E-state index contributed by atoms with van der Waals surface area (Å²) in [6.07, 6.45) is 5.70. The largest absolute Gasteiger partial charge is 0.489 e. The van der Waals surface area contributed by atoms with Crippen molar-refractivity contribution in [2.24, 2.45) is 0 Å². The third-order valence-corrected chi connectivity index (χ3v) is 3.76. The minimum absolute atomic E-state index is 0.0582. The average Bonchev–Trinajstić information content (AvgIpc) is 2.89. The van der Waals surface area contributed by atoms with Gasteiger partial charge in [0, 0.05) is 10.5 Å². The predicted octanol–water partition coefficient (Wildman–Crippen LogP) is 5.42. The molecule has 0 spiro atoms. The van der Waals surface area contributed by atoms with Crippen LogP contribution in [0.1, 0.15) is 31.8 Å². The van der Waals surface area contributed by atoms with Gasteiger partial charge in [-0.15, -0.1) is 11.3 Å². The van der Waals surface area contributed by atoms with Gasteiger partial charge in [-0.2, -0.15) is 0 Å². The molecule has 0 aliphatic heterocycles. The van der Waals surface area contributed by atoms with Crippen LogP contribution in [0.15, 0.2) is 65.8 Å². The fourth-order valence-electron chi connectivity index (χ4n) is 1.76. The molecule has 0 fully saturated rings. The highest BCUT2D eigenvalue weighted by atomic mass is 32.1. The molecule has 2 heteroatoms. The normalized spacial score (nSPS) is 14.7. The monoisotopic (exact) mass is 260 g/mol. The minimum atomic E-state index is 0.0582. The molecule has 1 rings (SSSR count). The van der Waals surface area contributed by atoms with Gasteiger partial charge in [-0.25, -0.2) is 0 Å². The number of hydrogen-bond acceptors (Lipinski definition) is 2. The maximum atomic E-state index is 5.96. The molecule has 1 nitrogen and oxygen atoms in total. The Labute approximate surface area is 114 Å². The zero-order valence-electron chi connectivity index (χ0n) is 11.3. The molecular formula is C16H20OS. The van der Waals surface area contributed by atoms with Gasteiger partial charge in [-0.1, -0.05) is 37.5 Å². The van der Waals surface area contributed by atoms with E-state index in [0.29, 0.717) is 0 Å². The minimum Gasteiger partial charge on any atom is -0.489 e. The topological polar surface area (TPSA) is 9.23 Å². The van der Waals surface area contributed by atoms with E-state index in [9.17, 15) is 0 Å². The first-order valence-electron chi connectivity index (χ1n) is 5.96. The molecule has 0 amide bonds. The lowest BCUT2D eigenvalue weighted by atomic mass is 10.1. The Morgan fingerprint density at radius 1 is 1.39 bits per heavy atom. The first-order chi connectivity index (χ1) is 8.63. The van der Waals surface area contributed by atoms with E-state index in [2.05, 4.69) is 31.5 Å². The third kappa shape index (κ3) is 3.47. The highest BCUT2D eigenvalue weighted by Gasteiger charge is 2.10. The number of hydrogen-bond donors (Lipinski definition) is 0. The summed E-state index contributed by atoms with van der Waals surface area (Å²) < 4.78 is 5.96. The van der Waals surface area contributed by atoms with E-state index in [-0.39, 0.29) is 6.10 Å². The molecule has 0 aromatic carbocycles. The molecule has 1 atom stereocenters. The number of ether oxygens (including phenoxy) is 1. The van der Waals surface area contributed by atoms with Crippen LogP contribution in [-0.2, 0) is 4.74 Å². The second-order valence-electron chi connectivity index (χ2n) is 3.90. The van der Waals surface area contributed by atoms with E-state index in [1.165, 1.54) is 4.88 Å². The van der Waals surface area contributed by atoms with Gasteiger partial charge in [0.05, 0.1) is 0 Å². The van der Waals surface area contributed by atoms with Gasteiger partial charge in [-0.3, -0.25) is 0 Å². The van der Waals surface area contributed by atoms with Crippen molar-refractivity contribution in [2.45, 2.75) is 26.9 Å². The summed E-state index contributed by atoms with van der Waals surface area (Å²) >= 11 is 1.70. The first kappa shape index (κ1) is 14.5. The van der Waals surface area contributed by atoms with Gasteiger partial charge in [-0.05, 0) is 37.8 Å². The zero-order chi connectivity index (χ0) is 13.5. The van der Waals surface area contributed by atoms with Crippen LogP contribution < -0.4 is 0 Å². The molecule has 0 radical (unpaired) electrons. The van der Waals surface area contributed by atoms with Gasteiger partial charge in [0.25, 0.3) is 0 Å². The van der Waals surface area contributed by atoms with Crippen LogP contribution in [0.3, 0.4) is 0 Å². The van der Waals surface area contributed by atoms with Crippen molar-refractivity contribution >= 4 is 11.3 Å². The van der Waals surface area contributed by atoms with Crippen LogP contribution in [0.4, 0.5) is 0 Å². The van der Waals surface area contributed by atoms with Gasteiger partial charge < -0.3 is 4.74 Å². The lowest BCUT2D eigenvalue weighted by Crippen LogP contribution is -1.99. The van der Waals surface area contributed by atoms with Gasteiger partial charge in [0.1, 0.15) is 11.9 Å². The molecule has 1 aromatic rings. The standard InChI is InChI=1S/C16H20OS/c1-6-14(7-2)15(8-3)12(4)17-13(5)16-10-9-11-18-16/h6-11,13H,1,3H2,2,4-5H3/b14-7-,15-12+/t13-/m0/s1. The Morgan fingerprint density at radius 3 is 2.56 bits per heavy atom. The van der Waals surface area contributed by atoms with Crippen molar-refractivity contribution in [3.8, 4) is 0 Å². The molecular weight excluding hydrogens is 240 g/mol. The molecule has 0 saturated carbocycles. The zero-order valence-corrected chi connectivity index (χ0v) is 12.1. The van der Waals surface area contributed by atoms with Gasteiger partial charge in [0.2, 0.25) is 0 Å². The first-order valence-corrected chi connectivity index (χ1v) is 6.84. The molecule has 0 N–H and O–H groups in total. The summed E-state index contributed by atoms with van der Waals surface area (Å²) in [6, 6.07) is 4.12. The van der Waals surface area contributed by atoms with E-state index in [0.717, 1.165) is 16.9 Å². The van der Waals surface area contributed by atoms with Crippen molar-refractivity contribution in [1.29, 1.82) is 0 Å². The van der Waals surface area contributed by atoms with Crippen LogP contribution >= 0.6 is 11.3 Å². The van der Waals surface area contributed by atoms with Crippen LogP contribution in [-0.4, -0.2) is 0 Å². The third-order valence-electron chi connectivity index (χ3n) is 2.72. The molecule has 0 aliphatic rings. The summed E-state index contributed by atoms with van der Waals surface area (Å²) in [4.78, 5) is 1.22. The summed E-state index contributed by atoms with van der Waals surface area (Å²) in [5.41, 5.74) is 2.04. The van der Waals surface area contributed by atoms with Crippen LogP contribution in [0, 0.1) is 0 Å². The smallest absolute Gasteiger partial charge is 0.130 e.